The molecule has 28 heavy (non-hydrogen) atoms. The van der Waals surface area contributed by atoms with Crippen LogP contribution in [0.4, 0.5) is 0 Å². The summed E-state index contributed by atoms with van der Waals surface area (Å²) >= 11 is 0. The topological polar surface area (TPSA) is 98.8 Å². The quantitative estimate of drug-likeness (QED) is 0.606. The molecule has 0 saturated carbocycles. The second-order valence-corrected chi connectivity index (χ2v) is 7.30. The van der Waals surface area contributed by atoms with Crippen LogP contribution in [0.1, 0.15) is 40.6 Å². The summed E-state index contributed by atoms with van der Waals surface area (Å²) < 4.78 is 1.84. The van der Waals surface area contributed by atoms with E-state index in [9.17, 15) is 9.59 Å². The number of hydrogen-bond acceptors (Lipinski definition) is 4. The summed E-state index contributed by atoms with van der Waals surface area (Å²) in [4.78, 5) is 30.1. The number of halogens is 1. The van der Waals surface area contributed by atoms with Gasteiger partial charge in [0, 0.05) is 49.9 Å². The summed E-state index contributed by atoms with van der Waals surface area (Å²) in [5, 5.41) is 10.6. The first kappa shape index (κ1) is 18.8. The molecule has 0 radical (unpaired) electrons. The molecule has 1 fully saturated rings. The molecular weight excluding hydrogens is 380 g/mol. The number of H-pyrrole nitrogens is 2. The number of para-hydroxylation sites is 2. The number of nitrogens with zero attached hydrogens (tertiary/aromatic N) is 3. The predicted molar refractivity (Wildman–Crippen MR) is 108 cm³/mol. The van der Waals surface area contributed by atoms with E-state index in [4.69, 9.17) is 0 Å². The summed E-state index contributed by atoms with van der Waals surface area (Å²) in [7, 11) is 0. The fourth-order valence-electron chi connectivity index (χ4n) is 4.32. The molecule has 8 nitrogen and oxygen atoms in total. The van der Waals surface area contributed by atoms with E-state index in [1.165, 1.54) is 0 Å². The van der Waals surface area contributed by atoms with E-state index >= 15 is 0 Å². The number of piperidine rings is 1. The van der Waals surface area contributed by atoms with E-state index in [2.05, 4.69) is 20.5 Å². The Hall–Kier alpha value is -2.58. The Balaban J connectivity index is 0.00000192. The number of benzene rings is 1. The number of imidazole rings is 1. The monoisotopic (exact) mass is 402 g/mol. The molecule has 9 heteroatoms. The number of fused-ring (bicyclic) bond motifs is 2. The van der Waals surface area contributed by atoms with Crippen molar-refractivity contribution in [3.8, 4) is 0 Å². The van der Waals surface area contributed by atoms with Crippen molar-refractivity contribution in [2.45, 2.75) is 31.8 Å². The first-order valence-corrected chi connectivity index (χ1v) is 9.47. The molecule has 0 aliphatic carbocycles. The van der Waals surface area contributed by atoms with Crippen molar-refractivity contribution in [3.05, 3.63) is 51.7 Å². The maximum atomic E-state index is 12.9. The highest BCUT2D eigenvalue weighted by atomic mass is 35.5. The summed E-state index contributed by atoms with van der Waals surface area (Å²) in [6.07, 6.45) is 2.40. The summed E-state index contributed by atoms with van der Waals surface area (Å²) in [6, 6.07) is 7.85. The van der Waals surface area contributed by atoms with Crippen molar-refractivity contribution in [2.24, 2.45) is 0 Å². The van der Waals surface area contributed by atoms with Crippen LogP contribution in [0, 0.1) is 0 Å². The summed E-state index contributed by atoms with van der Waals surface area (Å²) in [5.41, 5.74) is 4.32. The maximum Gasteiger partial charge on any atom is 0.326 e. The molecule has 4 heterocycles. The van der Waals surface area contributed by atoms with Gasteiger partial charge in [-0.2, -0.15) is 5.10 Å². The number of aromatic nitrogens is 4. The highest BCUT2D eigenvalue weighted by Crippen LogP contribution is 2.26. The van der Waals surface area contributed by atoms with Gasteiger partial charge in [-0.3, -0.25) is 14.5 Å². The lowest BCUT2D eigenvalue weighted by Gasteiger charge is -2.32. The highest BCUT2D eigenvalue weighted by Gasteiger charge is 2.30. The molecule has 1 saturated heterocycles. The Kier molecular flexibility index (Phi) is 4.99. The van der Waals surface area contributed by atoms with Crippen molar-refractivity contribution < 1.29 is 4.79 Å². The minimum Gasteiger partial charge on any atom is -0.337 e. The molecule has 0 atom stereocenters. The zero-order valence-corrected chi connectivity index (χ0v) is 16.2. The van der Waals surface area contributed by atoms with Gasteiger partial charge in [0.25, 0.3) is 5.91 Å². The minimum atomic E-state index is -0.0755. The first-order valence-electron chi connectivity index (χ1n) is 9.47. The third-order valence-corrected chi connectivity index (χ3v) is 5.75. The van der Waals surface area contributed by atoms with Crippen LogP contribution >= 0.6 is 12.4 Å². The van der Waals surface area contributed by atoms with Gasteiger partial charge in [0.15, 0.2) is 5.69 Å². The number of carbonyl (C=O) groups is 1. The molecular formula is C19H23ClN6O2. The predicted octanol–water partition coefficient (Wildman–Crippen LogP) is 1.60. The normalized spacial score (nSPS) is 17.4. The van der Waals surface area contributed by atoms with E-state index in [1.54, 1.807) is 0 Å². The fourth-order valence-corrected chi connectivity index (χ4v) is 4.32. The molecule has 3 aromatic rings. The number of nitrogens with one attached hydrogen (secondary N) is 3. The van der Waals surface area contributed by atoms with Crippen molar-refractivity contribution >= 4 is 29.3 Å². The Bertz CT molecular complexity index is 1060. The van der Waals surface area contributed by atoms with Crippen molar-refractivity contribution in [1.82, 2.24) is 30.0 Å². The maximum absolute atomic E-state index is 12.9. The van der Waals surface area contributed by atoms with Crippen LogP contribution in [-0.4, -0.2) is 50.2 Å². The van der Waals surface area contributed by atoms with Crippen LogP contribution in [0.3, 0.4) is 0 Å². The second kappa shape index (κ2) is 7.44. The average molecular weight is 403 g/mol. The van der Waals surface area contributed by atoms with Crippen molar-refractivity contribution in [1.29, 1.82) is 0 Å². The first-order chi connectivity index (χ1) is 13.2. The lowest BCUT2D eigenvalue weighted by molar-refractivity contribution is 0.0687. The Labute approximate surface area is 167 Å². The Morgan fingerprint density at radius 2 is 1.96 bits per heavy atom. The molecule has 3 N–H and O–H groups in total. The third-order valence-electron chi connectivity index (χ3n) is 5.75. The van der Waals surface area contributed by atoms with Gasteiger partial charge in [-0.25, -0.2) is 4.79 Å². The van der Waals surface area contributed by atoms with Gasteiger partial charge in [0.1, 0.15) is 0 Å². The highest BCUT2D eigenvalue weighted by molar-refractivity contribution is 5.94. The third kappa shape index (κ3) is 3.02. The summed E-state index contributed by atoms with van der Waals surface area (Å²) in [6.45, 7) is 2.86. The Morgan fingerprint density at radius 3 is 2.79 bits per heavy atom. The largest absolute Gasteiger partial charge is 0.337 e. The van der Waals surface area contributed by atoms with E-state index in [0.717, 1.165) is 48.1 Å². The van der Waals surface area contributed by atoms with E-state index in [0.29, 0.717) is 25.3 Å². The van der Waals surface area contributed by atoms with Crippen LogP contribution in [0.2, 0.25) is 0 Å². The van der Waals surface area contributed by atoms with Gasteiger partial charge < -0.3 is 15.2 Å². The SMILES string of the molecule is Cl.O=C(c1n[nH]c2c1CNCC2)N1CCC(n2c(=O)[nH]c3ccccc32)CC1. The number of amides is 1. The molecule has 0 spiro atoms. The standard InChI is InChI=1S/C19H22N6O2.ClH/c26-18(17-13-11-20-8-5-14(13)22-23-17)24-9-6-12(7-10-24)25-16-4-2-1-3-15(16)21-19(25)27;/h1-4,12,20H,5-11H2,(H,21,27)(H,22,23);1H. The van der Waals surface area contributed by atoms with E-state index in [-0.39, 0.29) is 30.0 Å². The van der Waals surface area contributed by atoms with Gasteiger partial charge >= 0.3 is 5.69 Å². The lowest BCUT2D eigenvalue weighted by Crippen LogP contribution is -2.41. The smallest absolute Gasteiger partial charge is 0.326 e. The average Bonchev–Trinajstić information content (AvgIpc) is 3.28. The van der Waals surface area contributed by atoms with E-state index < -0.39 is 0 Å². The molecule has 1 aromatic carbocycles. The van der Waals surface area contributed by atoms with Crippen LogP contribution in [0.5, 0.6) is 0 Å². The van der Waals surface area contributed by atoms with Gasteiger partial charge in [0.2, 0.25) is 0 Å². The zero-order valence-electron chi connectivity index (χ0n) is 15.4. The number of hydrogen-bond donors (Lipinski definition) is 3. The molecule has 148 valence electrons. The molecule has 2 aliphatic rings. The van der Waals surface area contributed by atoms with Gasteiger partial charge in [-0.15, -0.1) is 12.4 Å². The van der Waals surface area contributed by atoms with E-state index in [1.807, 2.05) is 33.7 Å². The van der Waals surface area contributed by atoms with Crippen LogP contribution in [0.15, 0.2) is 29.1 Å². The minimum absolute atomic E-state index is 0. The van der Waals surface area contributed by atoms with Crippen LogP contribution in [-0.2, 0) is 13.0 Å². The lowest BCUT2D eigenvalue weighted by atomic mass is 10.0. The molecule has 2 aromatic heterocycles. The van der Waals surface area contributed by atoms with Crippen molar-refractivity contribution in [3.63, 3.8) is 0 Å². The fraction of sp³-hybridized carbons (Fsp3) is 0.421. The number of rotatable bonds is 2. The van der Waals surface area contributed by atoms with Crippen molar-refractivity contribution in [2.75, 3.05) is 19.6 Å². The van der Waals surface area contributed by atoms with Crippen LogP contribution in [0.25, 0.3) is 11.0 Å². The van der Waals surface area contributed by atoms with Gasteiger partial charge in [0.05, 0.1) is 11.0 Å². The second-order valence-electron chi connectivity index (χ2n) is 7.30. The van der Waals surface area contributed by atoms with Crippen LogP contribution < -0.4 is 11.0 Å². The number of likely N-dealkylation sites (tertiary alicyclic amines) is 1. The molecule has 0 bridgehead atoms. The number of aromatic amines is 2. The molecule has 1 amide bonds. The Morgan fingerprint density at radius 1 is 1.18 bits per heavy atom. The van der Waals surface area contributed by atoms with Gasteiger partial charge in [-0.1, -0.05) is 12.1 Å². The van der Waals surface area contributed by atoms with Gasteiger partial charge in [-0.05, 0) is 25.0 Å². The molecule has 2 aliphatic heterocycles. The molecule has 0 unspecified atom stereocenters. The number of carbonyl (C=O) groups excluding carboxylic acids is 1. The summed E-state index contributed by atoms with van der Waals surface area (Å²) in [5.74, 6) is -0.0130. The zero-order chi connectivity index (χ0) is 18.4. The molecule has 5 rings (SSSR count).